The second-order valence-corrected chi connectivity index (χ2v) is 6.24. The number of carbonyl (C=O) groups excluding carboxylic acids is 1. The van der Waals surface area contributed by atoms with Crippen molar-refractivity contribution >= 4 is 5.97 Å². The SMILES string of the molecule is Cc1ccccc1CC(=O)OC1C[C@H]2CC[C@H](C1)N2C. The van der Waals surface area contributed by atoms with Gasteiger partial charge < -0.3 is 9.64 Å². The molecule has 0 N–H and O–H groups in total. The molecule has 2 bridgehead atoms. The van der Waals surface area contributed by atoms with Crippen LogP contribution in [0.25, 0.3) is 0 Å². The molecule has 1 aromatic rings. The number of benzene rings is 1. The number of hydrogen-bond acceptors (Lipinski definition) is 3. The monoisotopic (exact) mass is 273 g/mol. The van der Waals surface area contributed by atoms with Gasteiger partial charge in [0.25, 0.3) is 0 Å². The lowest BCUT2D eigenvalue weighted by molar-refractivity contribution is -0.151. The Hall–Kier alpha value is -1.35. The summed E-state index contributed by atoms with van der Waals surface area (Å²) in [6.07, 6.45) is 5.05. The highest BCUT2D eigenvalue weighted by molar-refractivity contribution is 5.73. The normalized spacial score (nSPS) is 29.4. The van der Waals surface area contributed by atoms with Crippen molar-refractivity contribution in [1.82, 2.24) is 4.90 Å². The maximum Gasteiger partial charge on any atom is 0.310 e. The maximum absolute atomic E-state index is 12.1. The summed E-state index contributed by atoms with van der Waals surface area (Å²) in [5.74, 6) is -0.0757. The molecule has 0 aliphatic carbocycles. The van der Waals surface area contributed by atoms with E-state index in [0.717, 1.165) is 24.0 Å². The van der Waals surface area contributed by atoms with Crippen LogP contribution in [0.3, 0.4) is 0 Å². The first kappa shape index (κ1) is 13.6. The molecular weight excluding hydrogens is 250 g/mol. The Morgan fingerprint density at radius 3 is 2.55 bits per heavy atom. The Bertz CT molecular complexity index is 486. The number of nitrogens with zero attached hydrogens (tertiary/aromatic N) is 1. The van der Waals surface area contributed by atoms with Crippen molar-refractivity contribution in [1.29, 1.82) is 0 Å². The lowest BCUT2D eigenvalue weighted by Crippen LogP contribution is -2.43. The first-order valence-corrected chi connectivity index (χ1v) is 7.59. The van der Waals surface area contributed by atoms with Crippen LogP contribution in [0, 0.1) is 6.92 Å². The summed E-state index contributed by atoms with van der Waals surface area (Å²) in [6, 6.07) is 9.26. The molecule has 0 unspecified atom stereocenters. The molecule has 0 aromatic heterocycles. The molecule has 1 aromatic carbocycles. The molecule has 2 aliphatic heterocycles. The van der Waals surface area contributed by atoms with Crippen molar-refractivity contribution in [2.75, 3.05) is 7.05 Å². The average molecular weight is 273 g/mol. The van der Waals surface area contributed by atoms with E-state index in [9.17, 15) is 4.79 Å². The van der Waals surface area contributed by atoms with Gasteiger partial charge >= 0.3 is 5.97 Å². The summed E-state index contributed by atoms with van der Waals surface area (Å²) in [7, 11) is 2.20. The van der Waals surface area contributed by atoms with Crippen LogP contribution >= 0.6 is 0 Å². The summed E-state index contributed by atoms with van der Waals surface area (Å²) in [5.41, 5.74) is 2.24. The van der Waals surface area contributed by atoms with Crippen LogP contribution in [0.1, 0.15) is 36.8 Å². The zero-order valence-electron chi connectivity index (χ0n) is 12.3. The van der Waals surface area contributed by atoms with Crippen LogP contribution in [-0.4, -0.2) is 36.1 Å². The van der Waals surface area contributed by atoms with Crippen LogP contribution in [-0.2, 0) is 16.0 Å². The van der Waals surface area contributed by atoms with Gasteiger partial charge in [0.1, 0.15) is 6.10 Å². The van der Waals surface area contributed by atoms with E-state index < -0.39 is 0 Å². The fourth-order valence-corrected chi connectivity index (χ4v) is 3.65. The number of ether oxygens (including phenoxy) is 1. The minimum Gasteiger partial charge on any atom is -0.462 e. The smallest absolute Gasteiger partial charge is 0.310 e. The molecule has 108 valence electrons. The Balaban J connectivity index is 1.56. The van der Waals surface area contributed by atoms with Gasteiger partial charge in [0.15, 0.2) is 0 Å². The van der Waals surface area contributed by atoms with E-state index in [0.29, 0.717) is 18.5 Å². The lowest BCUT2D eigenvalue weighted by Gasteiger charge is -2.35. The van der Waals surface area contributed by atoms with Gasteiger partial charge in [-0.15, -0.1) is 0 Å². The van der Waals surface area contributed by atoms with E-state index >= 15 is 0 Å². The largest absolute Gasteiger partial charge is 0.462 e. The van der Waals surface area contributed by atoms with Crippen LogP contribution in [0.2, 0.25) is 0 Å². The van der Waals surface area contributed by atoms with Crippen molar-refractivity contribution in [2.24, 2.45) is 0 Å². The zero-order chi connectivity index (χ0) is 14.1. The number of piperidine rings is 1. The molecular formula is C17H23NO2. The van der Waals surface area contributed by atoms with Gasteiger partial charge in [0.2, 0.25) is 0 Å². The van der Waals surface area contributed by atoms with Gasteiger partial charge in [0.05, 0.1) is 6.42 Å². The minimum absolute atomic E-state index is 0.0757. The molecule has 3 nitrogen and oxygen atoms in total. The van der Waals surface area contributed by atoms with Gasteiger partial charge in [-0.05, 0) is 50.8 Å². The Morgan fingerprint density at radius 2 is 1.90 bits per heavy atom. The van der Waals surface area contributed by atoms with Gasteiger partial charge in [-0.2, -0.15) is 0 Å². The number of rotatable bonds is 3. The van der Waals surface area contributed by atoms with Crippen molar-refractivity contribution < 1.29 is 9.53 Å². The second kappa shape index (κ2) is 5.57. The predicted octanol–water partition coefficient (Wildman–Crippen LogP) is 2.71. The lowest BCUT2D eigenvalue weighted by atomic mass is 10.0. The van der Waals surface area contributed by atoms with Crippen LogP contribution < -0.4 is 0 Å². The molecule has 2 fully saturated rings. The highest BCUT2D eigenvalue weighted by atomic mass is 16.5. The maximum atomic E-state index is 12.1. The van der Waals surface area contributed by atoms with Crippen molar-refractivity contribution in [3.8, 4) is 0 Å². The molecule has 20 heavy (non-hydrogen) atoms. The molecule has 3 rings (SSSR count). The third-order valence-electron chi connectivity index (χ3n) is 4.95. The van der Waals surface area contributed by atoms with Crippen molar-refractivity contribution in [3.05, 3.63) is 35.4 Å². The van der Waals surface area contributed by atoms with E-state index in [4.69, 9.17) is 4.74 Å². The number of aryl methyl sites for hydroxylation is 1. The second-order valence-electron chi connectivity index (χ2n) is 6.24. The molecule has 0 radical (unpaired) electrons. The van der Waals surface area contributed by atoms with Gasteiger partial charge in [-0.25, -0.2) is 0 Å². The quantitative estimate of drug-likeness (QED) is 0.793. The fraction of sp³-hybridized carbons (Fsp3) is 0.588. The third-order valence-corrected chi connectivity index (χ3v) is 4.95. The van der Waals surface area contributed by atoms with E-state index in [1.54, 1.807) is 0 Å². The highest BCUT2D eigenvalue weighted by Crippen LogP contribution is 2.35. The molecule has 2 atom stereocenters. The first-order valence-electron chi connectivity index (χ1n) is 7.59. The Morgan fingerprint density at radius 1 is 1.25 bits per heavy atom. The summed E-state index contributed by atoms with van der Waals surface area (Å²) in [6.45, 7) is 2.04. The van der Waals surface area contributed by atoms with Crippen LogP contribution in [0.15, 0.2) is 24.3 Å². The van der Waals surface area contributed by atoms with Gasteiger partial charge in [0, 0.05) is 12.1 Å². The predicted molar refractivity (Wildman–Crippen MR) is 78.6 cm³/mol. The molecule has 0 amide bonds. The van der Waals surface area contributed by atoms with Gasteiger partial charge in [-0.3, -0.25) is 4.79 Å². The van der Waals surface area contributed by atoms with Crippen molar-refractivity contribution in [3.63, 3.8) is 0 Å². The van der Waals surface area contributed by atoms with E-state index in [1.807, 2.05) is 31.2 Å². The first-order chi connectivity index (χ1) is 9.63. The summed E-state index contributed by atoms with van der Waals surface area (Å²) < 4.78 is 5.71. The molecule has 2 saturated heterocycles. The Labute approximate surface area is 120 Å². The highest BCUT2D eigenvalue weighted by Gasteiger charge is 2.39. The fourth-order valence-electron chi connectivity index (χ4n) is 3.65. The number of carbonyl (C=O) groups is 1. The molecule has 2 aliphatic rings. The molecule has 0 spiro atoms. The molecule has 3 heteroatoms. The number of hydrogen-bond donors (Lipinski definition) is 0. The average Bonchev–Trinajstić information content (AvgIpc) is 2.63. The summed E-state index contributed by atoms with van der Waals surface area (Å²) in [5, 5.41) is 0. The van der Waals surface area contributed by atoms with E-state index in [-0.39, 0.29) is 12.1 Å². The zero-order valence-corrected chi connectivity index (χ0v) is 12.3. The number of fused-ring (bicyclic) bond motifs is 2. The van der Waals surface area contributed by atoms with Crippen LogP contribution in [0.5, 0.6) is 0 Å². The minimum atomic E-state index is -0.0757. The van der Waals surface area contributed by atoms with E-state index in [2.05, 4.69) is 11.9 Å². The third kappa shape index (κ3) is 2.73. The number of esters is 1. The van der Waals surface area contributed by atoms with Crippen LogP contribution in [0.4, 0.5) is 0 Å². The topological polar surface area (TPSA) is 29.5 Å². The van der Waals surface area contributed by atoms with E-state index in [1.165, 1.54) is 12.8 Å². The van der Waals surface area contributed by atoms with Crippen molar-refractivity contribution in [2.45, 2.75) is 57.2 Å². The molecule has 2 heterocycles. The standard InChI is InChI=1S/C17H23NO2/c1-12-5-3-4-6-13(12)9-17(19)20-16-10-14-7-8-15(11-16)18(14)2/h3-6,14-16H,7-11H2,1-2H3/t14-,15-/m1/s1. The molecule has 0 saturated carbocycles. The summed E-state index contributed by atoms with van der Waals surface area (Å²) >= 11 is 0. The Kier molecular flexibility index (Phi) is 3.79. The van der Waals surface area contributed by atoms with Gasteiger partial charge in [-0.1, -0.05) is 24.3 Å². The summed E-state index contributed by atoms with van der Waals surface area (Å²) in [4.78, 5) is 14.6.